The highest BCUT2D eigenvalue weighted by Crippen LogP contribution is 2.45. The van der Waals surface area contributed by atoms with Gasteiger partial charge in [-0.15, -0.1) is 11.8 Å². The van der Waals surface area contributed by atoms with Gasteiger partial charge in [0.1, 0.15) is 18.3 Å². The lowest BCUT2D eigenvalue weighted by molar-refractivity contribution is -0.124. The van der Waals surface area contributed by atoms with Crippen molar-refractivity contribution in [2.45, 2.75) is 16.2 Å². The molecule has 2 atom stereocenters. The van der Waals surface area contributed by atoms with Crippen LogP contribution in [0.3, 0.4) is 0 Å². The van der Waals surface area contributed by atoms with Crippen LogP contribution in [0.2, 0.25) is 0 Å². The average molecular weight is 505 g/mol. The molecule has 0 fully saturated rings. The summed E-state index contributed by atoms with van der Waals surface area (Å²) in [6.45, 7) is -0.278. The minimum Gasteiger partial charge on any atom is -0.351 e. The second-order valence-electron chi connectivity index (χ2n) is 8.08. The summed E-state index contributed by atoms with van der Waals surface area (Å²) >= 11 is 7.01. The van der Waals surface area contributed by atoms with Crippen molar-refractivity contribution in [3.05, 3.63) is 96.2 Å². The van der Waals surface area contributed by atoms with Crippen molar-refractivity contribution in [3.8, 4) is 0 Å². The Morgan fingerprint density at radius 3 is 2.46 bits per heavy atom. The van der Waals surface area contributed by atoms with E-state index in [0.717, 1.165) is 21.4 Å². The number of hydrogen-bond donors (Lipinski definition) is 3. The molecule has 0 radical (unpaired) electrons. The zero-order valence-corrected chi connectivity index (χ0v) is 20.0. The van der Waals surface area contributed by atoms with Crippen LogP contribution in [0.5, 0.6) is 0 Å². The van der Waals surface area contributed by atoms with E-state index in [1.807, 2.05) is 66.7 Å². The molecule has 5 rings (SSSR count). The molecule has 2 unspecified atom stereocenters. The predicted molar refractivity (Wildman–Crippen MR) is 137 cm³/mol. The number of fused-ring (bicyclic) bond motifs is 2. The number of amides is 3. The largest absolute Gasteiger partial charge is 0.351 e. The molecule has 176 valence electrons. The number of aromatic amines is 1. The lowest BCUT2D eigenvalue weighted by Crippen LogP contribution is -2.52. The summed E-state index contributed by atoms with van der Waals surface area (Å²) in [7, 11) is 0. The molecule has 3 N–H and O–H groups in total. The van der Waals surface area contributed by atoms with Gasteiger partial charge in [0, 0.05) is 27.6 Å². The molecule has 2 heterocycles. The summed E-state index contributed by atoms with van der Waals surface area (Å²) in [6, 6.07) is 25.3. The van der Waals surface area contributed by atoms with Gasteiger partial charge in [-0.1, -0.05) is 60.7 Å². The number of carbonyl (C=O) groups excluding carboxylic acids is 3. The molecular formula is C26H21ClN4O3S. The van der Waals surface area contributed by atoms with Crippen LogP contribution in [0.1, 0.15) is 21.3 Å². The van der Waals surface area contributed by atoms with E-state index in [-0.39, 0.29) is 6.54 Å². The summed E-state index contributed by atoms with van der Waals surface area (Å²) in [5, 5.41) is 3.41. The average Bonchev–Trinajstić information content (AvgIpc) is 3.30. The zero-order valence-electron chi connectivity index (χ0n) is 18.4. The number of nitrogens with one attached hydrogen (secondary N) is 3. The summed E-state index contributed by atoms with van der Waals surface area (Å²) in [5.41, 5.74) is 2.64. The SMILES string of the molecule is O=C(CN1C(=O)C(NC(=O)c2cc3ccccc3[nH]2)C(c2ccccc2)Sc2ccccc21)NCl. The van der Waals surface area contributed by atoms with Gasteiger partial charge in [-0.2, -0.15) is 0 Å². The number of hydrogen-bond acceptors (Lipinski definition) is 4. The number of thioether (sulfide) groups is 1. The smallest absolute Gasteiger partial charge is 0.268 e. The van der Waals surface area contributed by atoms with Gasteiger partial charge in [-0.05, 0) is 29.8 Å². The number of rotatable bonds is 5. The second-order valence-corrected chi connectivity index (χ2v) is 9.45. The fourth-order valence-corrected chi connectivity index (χ4v) is 5.60. The molecule has 0 saturated heterocycles. The van der Waals surface area contributed by atoms with E-state index in [0.29, 0.717) is 11.4 Å². The highest BCUT2D eigenvalue weighted by molar-refractivity contribution is 7.99. The molecule has 4 aromatic rings. The predicted octanol–water partition coefficient (Wildman–Crippen LogP) is 4.42. The first-order valence-electron chi connectivity index (χ1n) is 11.0. The summed E-state index contributed by atoms with van der Waals surface area (Å²) < 4.78 is 0. The lowest BCUT2D eigenvalue weighted by Gasteiger charge is -2.28. The topological polar surface area (TPSA) is 94.3 Å². The van der Waals surface area contributed by atoms with Crippen molar-refractivity contribution >= 4 is 57.9 Å². The second kappa shape index (κ2) is 9.85. The van der Waals surface area contributed by atoms with E-state index < -0.39 is 29.0 Å². The quantitative estimate of drug-likeness (QED) is 0.351. The Labute approximate surface area is 211 Å². The van der Waals surface area contributed by atoms with Crippen molar-refractivity contribution in [2.75, 3.05) is 11.4 Å². The van der Waals surface area contributed by atoms with Crippen LogP contribution in [0.25, 0.3) is 10.9 Å². The summed E-state index contributed by atoms with van der Waals surface area (Å²) in [4.78, 5) is 46.9. The van der Waals surface area contributed by atoms with Gasteiger partial charge in [0.25, 0.3) is 17.7 Å². The molecule has 1 aliphatic heterocycles. The van der Waals surface area contributed by atoms with Crippen molar-refractivity contribution in [1.29, 1.82) is 0 Å². The summed E-state index contributed by atoms with van der Waals surface area (Å²) in [5.74, 6) is -1.34. The Morgan fingerprint density at radius 1 is 0.971 bits per heavy atom. The first kappa shape index (κ1) is 23.0. The molecule has 1 aliphatic rings. The number of halogens is 1. The van der Waals surface area contributed by atoms with Crippen LogP contribution in [0.4, 0.5) is 5.69 Å². The molecule has 35 heavy (non-hydrogen) atoms. The Morgan fingerprint density at radius 2 is 1.69 bits per heavy atom. The normalized spacial score (nSPS) is 17.5. The van der Waals surface area contributed by atoms with Gasteiger partial charge in [0.05, 0.1) is 10.9 Å². The van der Waals surface area contributed by atoms with E-state index in [2.05, 4.69) is 15.1 Å². The lowest BCUT2D eigenvalue weighted by atomic mass is 10.0. The highest BCUT2D eigenvalue weighted by atomic mass is 35.5. The number of H-pyrrole nitrogens is 1. The van der Waals surface area contributed by atoms with E-state index in [4.69, 9.17) is 11.8 Å². The Hall–Kier alpha value is -3.75. The van der Waals surface area contributed by atoms with E-state index >= 15 is 0 Å². The maximum absolute atomic E-state index is 13.9. The van der Waals surface area contributed by atoms with E-state index in [1.54, 1.807) is 18.2 Å². The molecule has 0 spiro atoms. The van der Waals surface area contributed by atoms with E-state index in [1.165, 1.54) is 16.7 Å². The van der Waals surface area contributed by atoms with Crippen molar-refractivity contribution < 1.29 is 14.4 Å². The van der Waals surface area contributed by atoms with Crippen molar-refractivity contribution in [1.82, 2.24) is 15.1 Å². The number of benzene rings is 3. The third kappa shape index (κ3) is 4.62. The number of nitrogens with zero attached hydrogens (tertiary/aromatic N) is 1. The van der Waals surface area contributed by atoms with Gasteiger partial charge in [0.15, 0.2) is 0 Å². The monoisotopic (exact) mass is 504 g/mol. The first-order chi connectivity index (χ1) is 17.0. The Kier molecular flexibility index (Phi) is 6.48. The van der Waals surface area contributed by atoms with Gasteiger partial charge in [-0.3, -0.25) is 24.1 Å². The Bertz CT molecular complexity index is 1380. The molecule has 1 aromatic heterocycles. The number of aromatic nitrogens is 1. The third-order valence-corrected chi connectivity index (χ3v) is 7.45. The first-order valence-corrected chi connectivity index (χ1v) is 12.2. The summed E-state index contributed by atoms with van der Waals surface area (Å²) in [6.07, 6.45) is 0. The minimum absolute atomic E-state index is 0.278. The molecule has 3 amide bonds. The standard InChI is InChI=1S/C26H21ClN4O3S/c27-30-22(32)15-31-20-12-6-7-13-21(20)35-24(16-8-2-1-3-9-16)23(26(31)34)29-25(33)19-14-17-10-4-5-11-18(17)28-19/h1-14,23-24,28H,15H2,(H,29,33)(H,30,32). The van der Waals surface area contributed by atoms with E-state index in [9.17, 15) is 14.4 Å². The fraction of sp³-hybridized carbons (Fsp3) is 0.115. The number of carbonyl (C=O) groups is 3. The van der Waals surface area contributed by atoms with Crippen LogP contribution in [0.15, 0.2) is 89.8 Å². The zero-order chi connectivity index (χ0) is 24.4. The van der Waals surface area contributed by atoms with Gasteiger partial charge < -0.3 is 10.3 Å². The molecule has 3 aromatic carbocycles. The van der Waals surface area contributed by atoms with Crippen LogP contribution >= 0.6 is 23.5 Å². The minimum atomic E-state index is -0.947. The molecular weight excluding hydrogens is 484 g/mol. The molecule has 7 nitrogen and oxygen atoms in total. The van der Waals surface area contributed by atoms with Crippen molar-refractivity contribution in [2.24, 2.45) is 0 Å². The molecule has 9 heteroatoms. The molecule has 0 saturated carbocycles. The van der Waals surface area contributed by atoms with Crippen LogP contribution in [0, 0.1) is 0 Å². The number of para-hydroxylation sites is 2. The molecule has 0 bridgehead atoms. The third-order valence-electron chi connectivity index (χ3n) is 5.84. The van der Waals surface area contributed by atoms with Crippen LogP contribution in [-0.4, -0.2) is 35.3 Å². The van der Waals surface area contributed by atoms with Gasteiger partial charge in [0.2, 0.25) is 0 Å². The number of anilines is 1. The van der Waals surface area contributed by atoms with Crippen LogP contribution < -0.4 is 15.1 Å². The highest BCUT2D eigenvalue weighted by Gasteiger charge is 2.40. The fourth-order valence-electron chi connectivity index (χ4n) is 4.19. The maximum atomic E-state index is 13.9. The van der Waals surface area contributed by atoms with Gasteiger partial charge >= 0.3 is 0 Å². The van der Waals surface area contributed by atoms with Gasteiger partial charge in [-0.25, -0.2) is 0 Å². The maximum Gasteiger partial charge on any atom is 0.268 e. The van der Waals surface area contributed by atoms with Crippen LogP contribution in [-0.2, 0) is 9.59 Å². The Balaban J connectivity index is 1.56. The van der Waals surface area contributed by atoms with Crippen molar-refractivity contribution in [3.63, 3.8) is 0 Å². The molecule has 0 aliphatic carbocycles.